The highest BCUT2D eigenvalue weighted by Gasteiger charge is 2.08. The number of non-ortho nitro benzene ring substituents is 1. The maximum Gasteiger partial charge on any atom is 0.271 e. The Bertz CT molecular complexity index is 686. The number of rotatable bonds is 6. The predicted molar refractivity (Wildman–Crippen MR) is 81.7 cm³/mol. The van der Waals surface area contributed by atoms with E-state index in [0.717, 1.165) is 5.56 Å². The molecule has 0 saturated carbocycles. The molecule has 7 heteroatoms. The first-order valence-electron chi connectivity index (χ1n) is 6.40. The molecule has 112 valence electrons. The molecular formula is C15H13N3O4. The van der Waals surface area contributed by atoms with Crippen molar-refractivity contribution in [1.29, 1.82) is 0 Å². The van der Waals surface area contributed by atoms with Crippen molar-refractivity contribution in [3.8, 4) is 0 Å². The van der Waals surface area contributed by atoms with Gasteiger partial charge in [0, 0.05) is 17.8 Å². The van der Waals surface area contributed by atoms with E-state index in [1.165, 1.54) is 24.4 Å². The number of anilines is 1. The van der Waals surface area contributed by atoms with E-state index in [2.05, 4.69) is 10.5 Å². The first-order chi connectivity index (χ1) is 10.6. The van der Waals surface area contributed by atoms with Gasteiger partial charge in [-0.05, 0) is 11.6 Å². The van der Waals surface area contributed by atoms with E-state index >= 15 is 0 Å². The highest BCUT2D eigenvalue weighted by atomic mass is 16.6. The second-order valence-corrected chi connectivity index (χ2v) is 4.27. The van der Waals surface area contributed by atoms with E-state index in [-0.39, 0.29) is 12.3 Å². The van der Waals surface area contributed by atoms with Gasteiger partial charge in [0.1, 0.15) is 0 Å². The van der Waals surface area contributed by atoms with Crippen LogP contribution in [0.3, 0.4) is 0 Å². The zero-order valence-corrected chi connectivity index (χ0v) is 11.5. The fourth-order valence-corrected chi connectivity index (χ4v) is 1.63. The van der Waals surface area contributed by atoms with Gasteiger partial charge in [-0.2, -0.15) is 0 Å². The summed E-state index contributed by atoms with van der Waals surface area (Å²) in [5.74, 6) is -0.453. The summed E-state index contributed by atoms with van der Waals surface area (Å²) in [6, 6.07) is 14.9. The molecule has 2 aromatic carbocycles. The minimum Gasteiger partial charge on any atom is -0.386 e. The van der Waals surface area contributed by atoms with Crippen LogP contribution in [-0.4, -0.2) is 23.7 Å². The molecule has 0 aliphatic rings. The molecule has 0 spiro atoms. The lowest BCUT2D eigenvalue weighted by Gasteiger charge is -2.03. The van der Waals surface area contributed by atoms with Crippen LogP contribution in [0.25, 0.3) is 0 Å². The largest absolute Gasteiger partial charge is 0.386 e. The third kappa shape index (κ3) is 4.71. The highest BCUT2D eigenvalue weighted by Crippen LogP contribution is 2.16. The molecule has 0 unspecified atom stereocenters. The predicted octanol–water partition coefficient (Wildman–Crippen LogP) is 2.58. The third-order valence-electron chi connectivity index (χ3n) is 2.61. The van der Waals surface area contributed by atoms with E-state index in [1.807, 2.05) is 30.3 Å². The average molecular weight is 299 g/mol. The van der Waals surface area contributed by atoms with Gasteiger partial charge in [-0.3, -0.25) is 14.9 Å². The van der Waals surface area contributed by atoms with Gasteiger partial charge in [0.25, 0.3) is 11.6 Å². The number of nitro benzene ring substituents is 1. The fraction of sp³-hybridized carbons (Fsp3) is 0.0667. The molecular weight excluding hydrogens is 286 g/mol. The summed E-state index contributed by atoms with van der Waals surface area (Å²) < 4.78 is 0. The smallest absolute Gasteiger partial charge is 0.271 e. The summed E-state index contributed by atoms with van der Waals surface area (Å²) in [6.45, 7) is -0.286. The molecule has 0 heterocycles. The summed E-state index contributed by atoms with van der Waals surface area (Å²) in [6.07, 6.45) is 1.49. The second-order valence-electron chi connectivity index (χ2n) is 4.27. The van der Waals surface area contributed by atoms with Crippen molar-refractivity contribution in [3.63, 3.8) is 0 Å². The molecule has 0 radical (unpaired) electrons. The Morgan fingerprint density at radius 3 is 2.73 bits per heavy atom. The summed E-state index contributed by atoms with van der Waals surface area (Å²) in [5.41, 5.74) is 1.08. The number of hydrogen-bond donors (Lipinski definition) is 1. The number of oxime groups is 1. The Hall–Kier alpha value is -3.22. The summed E-state index contributed by atoms with van der Waals surface area (Å²) >= 11 is 0. The van der Waals surface area contributed by atoms with Crippen LogP contribution in [0.1, 0.15) is 5.56 Å². The van der Waals surface area contributed by atoms with E-state index in [4.69, 9.17) is 4.84 Å². The normalized spacial score (nSPS) is 10.4. The number of nitrogens with zero attached hydrogens (tertiary/aromatic N) is 2. The van der Waals surface area contributed by atoms with Crippen LogP contribution in [0, 0.1) is 10.1 Å². The van der Waals surface area contributed by atoms with Crippen molar-refractivity contribution in [2.75, 3.05) is 11.9 Å². The molecule has 0 bridgehead atoms. The standard InChI is InChI=1S/C15H13N3O4/c19-15(11-22-16-10-12-5-2-1-3-6-12)17-13-7-4-8-14(9-13)18(20)21/h1-10H,11H2,(H,17,19)/b16-10-. The average Bonchev–Trinajstić information content (AvgIpc) is 2.53. The van der Waals surface area contributed by atoms with Gasteiger partial charge in [0.15, 0.2) is 6.61 Å². The van der Waals surface area contributed by atoms with Crippen molar-refractivity contribution < 1.29 is 14.6 Å². The van der Waals surface area contributed by atoms with E-state index < -0.39 is 10.8 Å². The van der Waals surface area contributed by atoms with Crippen LogP contribution in [0.5, 0.6) is 0 Å². The van der Waals surface area contributed by atoms with Crippen LogP contribution < -0.4 is 5.32 Å². The maximum absolute atomic E-state index is 11.6. The molecule has 1 N–H and O–H groups in total. The Balaban J connectivity index is 1.82. The number of nitrogens with one attached hydrogen (secondary N) is 1. The minimum absolute atomic E-state index is 0.0965. The minimum atomic E-state index is -0.531. The molecule has 1 amide bonds. The van der Waals surface area contributed by atoms with Gasteiger partial charge in [-0.1, -0.05) is 41.6 Å². The van der Waals surface area contributed by atoms with Crippen molar-refractivity contribution in [2.45, 2.75) is 0 Å². The molecule has 2 rings (SSSR count). The van der Waals surface area contributed by atoms with Crippen LogP contribution in [0.15, 0.2) is 59.8 Å². The molecule has 7 nitrogen and oxygen atoms in total. The van der Waals surface area contributed by atoms with Crippen molar-refractivity contribution in [1.82, 2.24) is 0 Å². The lowest BCUT2D eigenvalue weighted by Crippen LogP contribution is -2.17. The molecule has 0 fully saturated rings. The quantitative estimate of drug-likeness (QED) is 0.504. The lowest BCUT2D eigenvalue weighted by molar-refractivity contribution is -0.384. The van der Waals surface area contributed by atoms with Crippen molar-refractivity contribution >= 4 is 23.5 Å². The van der Waals surface area contributed by atoms with Gasteiger partial charge >= 0.3 is 0 Å². The van der Waals surface area contributed by atoms with Crippen LogP contribution in [-0.2, 0) is 9.63 Å². The molecule has 0 aliphatic carbocycles. The Labute approximate surface area is 126 Å². The zero-order chi connectivity index (χ0) is 15.8. The fourth-order valence-electron chi connectivity index (χ4n) is 1.63. The SMILES string of the molecule is O=C(CO/N=C\c1ccccc1)Nc1cccc([N+](=O)[O-])c1. The number of carbonyl (C=O) groups excluding carboxylic acids is 1. The number of amides is 1. The second kappa shape index (κ2) is 7.53. The number of carbonyl (C=O) groups is 1. The van der Waals surface area contributed by atoms with Crippen LogP contribution in [0.4, 0.5) is 11.4 Å². The van der Waals surface area contributed by atoms with Crippen molar-refractivity contribution in [3.05, 3.63) is 70.3 Å². The van der Waals surface area contributed by atoms with E-state index in [1.54, 1.807) is 6.07 Å². The Morgan fingerprint density at radius 2 is 2.00 bits per heavy atom. The van der Waals surface area contributed by atoms with Gasteiger partial charge in [0.05, 0.1) is 11.1 Å². The lowest BCUT2D eigenvalue weighted by atomic mass is 10.2. The van der Waals surface area contributed by atoms with E-state index in [9.17, 15) is 14.9 Å². The number of hydrogen-bond acceptors (Lipinski definition) is 5. The van der Waals surface area contributed by atoms with E-state index in [0.29, 0.717) is 5.69 Å². The molecule has 0 aromatic heterocycles. The first kappa shape index (κ1) is 15.2. The van der Waals surface area contributed by atoms with Gasteiger partial charge in [-0.25, -0.2) is 0 Å². The maximum atomic E-state index is 11.6. The number of nitro groups is 1. The van der Waals surface area contributed by atoms with Crippen LogP contribution in [0.2, 0.25) is 0 Å². The third-order valence-corrected chi connectivity index (χ3v) is 2.61. The number of benzene rings is 2. The van der Waals surface area contributed by atoms with Gasteiger partial charge in [-0.15, -0.1) is 0 Å². The zero-order valence-electron chi connectivity index (χ0n) is 11.5. The molecule has 0 saturated heterocycles. The Kier molecular flexibility index (Phi) is 5.20. The first-order valence-corrected chi connectivity index (χ1v) is 6.40. The molecule has 22 heavy (non-hydrogen) atoms. The molecule has 0 aliphatic heterocycles. The summed E-state index contributed by atoms with van der Waals surface area (Å²) in [5, 5.41) is 16.8. The molecule has 0 atom stereocenters. The highest BCUT2D eigenvalue weighted by molar-refractivity contribution is 5.92. The summed E-state index contributed by atoms with van der Waals surface area (Å²) in [7, 11) is 0. The van der Waals surface area contributed by atoms with Crippen LogP contribution >= 0.6 is 0 Å². The van der Waals surface area contributed by atoms with Crippen molar-refractivity contribution in [2.24, 2.45) is 5.16 Å². The molecule has 2 aromatic rings. The van der Waals surface area contributed by atoms with Gasteiger partial charge < -0.3 is 10.2 Å². The Morgan fingerprint density at radius 1 is 1.23 bits per heavy atom. The van der Waals surface area contributed by atoms with Gasteiger partial charge in [0.2, 0.25) is 0 Å². The summed E-state index contributed by atoms with van der Waals surface area (Å²) in [4.78, 5) is 26.6. The monoisotopic (exact) mass is 299 g/mol. The topological polar surface area (TPSA) is 93.8 Å².